The van der Waals surface area contributed by atoms with Gasteiger partial charge in [0.1, 0.15) is 0 Å². The van der Waals surface area contributed by atoms with E-state index in [1.54, 1.807) is 23.9 Å². The number of carboxylic acid groups (broad SMARTS) is 2. The van der Waals surface area contributed by atoms with E-state index in [1.807, 2.05) is 0 Å². The molecule has 0 radical (unpaired) electrons. The van der Waals surface area contributed by atoms with E-state index < -0.39 is 11.9 Å². The molecule has 0 bridgehead atoms. The van der Waals surface area contributed by atoms with Crippen LogP contribution >= 0.6 is 11.8 Å². The summed E-state index contributed by atoms with van der Waals surface area (Å²) in [6, 6.07) is 6.39. The zero-order valence-electron chi connectivity index (χ0n) is 12.7. The van der Waals surface area contributed by atoms with Gasteiger partial charge in [0.15, 0.2) is 0 Å². The molecule has 0 amide bonds. The summed E-state index contributed by atoms with van der Waals surface area (Å²) in [5.74, 6) is -1.62. The maximum Gasteiger partial charge on any atom is 1.00 e. The Kier molecular flexibility index (Phi) is 17.8. The summed E-state index contributed by atoms with van der Waals surface area (Å²) in [5.41, 5.74) is 1.71. The molecule has 1 aromatic carbocycles. The fourth-order valence-corrected chi connectivity index (χ4v) is 4.21. The number of benzene rings is 1. The molecule has 0 saturated heterocycles. The Morgan fingerprint density at radius 1 is 1.14 bits per heavy atom. The van der Waals surface area contributed by atoms with Gasteiger partial charge in [-0.1, -0.05) is 0 Å². The number of rotatable bonds is 10. The minimum Gasteiger partial charge on any atom is 1.00 e. The average molecular weight is 407 g/mol. The van der Waals surface area contributed by atoms with Crippen molar-refractivity contribution in [3.63, 3.8) is 0 Å². The number of ether oxygens (including phenoxy) is 1. The van der Waals surface area contributed by atoms with Gasteiger partial charge in [0.2, 0.25) is 0 Å². The predicted octanol–water partition coefficient (Wildman–Crippen LogP) is -6.93. The van der Waals surface area contributed by atoms with E-state index in [0.717, 1.165) is 10.2 Å². The Hall–Kier alpha value is 0.989. The Balaban J connectivity index is 0. The van der Waals surface area contributed by atoms with Crippen LogP contribution in [-0.4, -0.2) is 42.8 Å². The van der Waals surface area contributed by atoms with E-state index in [1.165, 1.54) is 12.1 Å². The van der Waals surface area contributed by atoms with Gasteiger partial charge in [-0.05, 0) is 0 Å². The van der Waals surface area contributed by atoms with Crippen LogP contribution in [0.3, 0.4) is 0 Å². The second-order valence-corrected chi connectivity index (χ2v) is 7.69. The van der Waals surface area contributed by atoms with Crippen molar-refractivity contribution in [3.8, 4) is 0 Å². The van der Waals surface area contributed by atoms with E-state index in [0.29, 0.717) is 32.8 Å². The Bertz CT molecular complexity index is 445. The van der Waals surface area contributed by atoms with E-state index in [9.17, 15) is 19.8 Å². The first-order valence-corrected chi connectivity index (χ1v) is 9.40. The molecule has 1 rings (SSSR count). The van der Waals surface area contributed by atoms with Crippen LogP contribution in [0.4, 0.5) is 0 Å². The average Bonchev–Trinajstić information content (AvgIpc) is 2.42. The van der Waals surface area contributed by atoms with Gasteiger partial charge in [-0.2, -0.15) is 0 Å². The van der Waals surface area contributed by atoms with E-state index in [4.69, 9.17) is 4.74 Å². The molecule has 0 aliphatic rings. The van der Waals surface area contributed by atoms with Crippen molar-refractivity contribution in [2.75, 3.05) is 15.9 Å². The van der Waals surface area contributed by atoms with Gasteiger partial charge in [0.05, 0.1) is 0 Å². The first-order valence-electron chi connectivity index (χ1n) is 5.83. The Morgan fingerprint density at radius 3 is 2.32 bits per heavy atom. The fourth-order valence-electron chi connectivity index (χ4n) is 1.26. The molecule has 0 saturated carbocycles. The van der Waals surface area contributed by atoms with Crippen molar-refractivity contribution in [3.05, 3.63) is 35.4 Å². The number of carbonyl (C=O) groups excluding carboxylic acids is 2. The molecule has 9 heteroatoms. The molecule has 22 heavy (non-hydrogen) atoms. The number of carbonyl (C=O) groups is 2. The topological polar surface area (TPSA) is 89.5 Å². The van der Waals surface area contributed by atoms with Gasteiger partial charge in [-0.15, -0.1) is 0 Å². The second-order valence-electron chi connectivity index (χ2n) is 3.80. The van der Waals surface area contributed by atoms with Gasteiger partial charge < -0.3 is 0 Å². The summed E-state index contributed by atoms with van der Waals surface area (Å²) < 4.78 is 6.38. The molecule has 0 aromatic heterocycles. The van der Waals surface area contributed by atoms with Crippen molar-refractivity contribution in [1.29, 1.82) is 0 Å². The zero-order valence-corrected chi connectivity index (χ0v) is 19.2. The van der Waals surface area contributed by atoms with Crippen molar-refractivity contribution in [2.45, 2.75) is 13.0 Å². The smallest absolute Gasteiger partial charge is 1.00 e. The molecule has 0 fully saturated rings. The standard InChI is InChI=1S/C13H16O5SSe.2Na/c14-12(15)5-6-19-9-20-8-18-7-10-1-3-11(4-2-10)13(16)17;;/h1-4H,5-9H2,(H,14,15)(H,16,17);;/q;2*+1/p-2. The van der Waals surface area contributed by atoms with Crippen LogP contribution in [-0.2, 0) is 16.1 Å². The molecule has 5 nitrogen and oxygen atoms in total. The number of hydrogen-bond acceptors (Lipinski definition) is 6. The maximum atomic E-state index is 10.6. The molecular formula is C13H14Na2O5SSe. The molecule has 0 spiro atoms. The van der Waals surface area contributed by atoms with Crippen LogP contribution in [0.5, 0.6) is 0 Å². The normalized spacial score (nSPS) is 9.45. The Morgan fingerprint density at radius 2 is 1.77 bits per heavy atom. The van der Waals surface area contributed by atoms with Crippen molar-refractivity contribution in [1.82, 2.24) is 0 Å². The first kappa shape index (κ1) is 25.2. The summed E-state index contributed by atoms with van der Waals surface area (Å²) in [4.78, 5) is 20.7. The number of hydrogen-bond donors (Lipinski definition) is 0. The van der Waals surface area contributed by atoms with Gasteiger partial charge >= 0.3 is 187 Å². The largest absolute Gasteiger partial charge is 1.00 e. The maximum absolute atomic E-state index is 10.6. The predicted molar refractivity (Wildman–Crippen MR) is 73.1 cm³/mol. The molecule has 0 N–H and O–H groups in total. The van der Waals surface area contributed by atoms with Crippen molar-refractivity contribution >= 4 is 38.7 Å². The molecule has 0 heterocycles. The third-order valence-corrected chi connectivity index (χ3v) is 5.87. The quantitative estimate of drug-likeness (QED) is 0.283. The van der Waals surface area contributed by atoms with Gasteiger partial charge in [-0.3, -0.25) is 0 Å². The number of thioether (sulfide) groups is 1. The van der Waals surface area contributed by atoms with E-state index in [-0.39, 0.29) is 71.1 Å². The molecule has 110 valence electrons. The van der Waals surface area contributed by atoms with Gasteiger partial charge in [0.25, 0.3) is 0 Å². The third kappa shape index (κ3) is 12.4. The zero-order chi connectivity index (χ0) is 14.8. The second kappa shape index (κ2) is 15.5. The first-order chi connectivity index (χ1) is 9.59. The summed E-state index contributed by atoms with van der Waals surface area (Å²) in [5, 5.41) is 20.7. The van der Waals surface area contributed by atoms with Crippen molar-refractivity contribution < 1.29 is 83.7 Å². The molecule has 0 aliphatic carbocycles. The van der Waals surface area contributed by atoms with E-state index >= 15 is 0 Å². The van der Waals surface area contributed by atoms with Crippen LogP contribution in [0.15, 0.2) is 24.3 Å². The molecule has 0 aliphatic heterocycles. The molecule has 0 unspecified atom stereocenters. The third-order valence-electron chi connectivity index (χ3n) is 2.24. The summed E-state index contributed by atoms with van der Waals surface area (Å²) >= 11 is 1.89. The monoisotopic (exact) mass is 408 g/mol. The number of carboxylic acids is 2. The minimum atomic E-state index is -1.19. The number of aromatic carboxylic acids is 1. The molecule has 0 atom stereocenters. The minimum absolute atomic E-state index is 0. The van der Waals surface area contributed by atoms with Crippen molar-refractivity contribution in [2.24, 2.45) is 0 Å². The van der Waals surface area contributed by atoms with Gasteiger partial charge in [0, 0.05) is 0 Å². The van der Waals surface area contributed by atoms with Gasteiger partial charge in [-0.25, -0.2) is 0 Å². The molecular weight excluding hydrogens is 393 g/mol. The van der Waals surface area contributed by atoms with Crippen LogP contribution in [0.2, 0.25) is 0 Å². The van der Waals surface area contributed by atoms with Crippen LogP contribution in [0, 0.1) is 0 Å². The summed E-state index contributed by atoms with van der Waals surface area (Å²) in [6.07, 6.45) is 0.0897. The Labute approximate surface area is 184 Å². The van der Waals surface area contributed by atoms with E-state index in [2.05, 4.69) is 0 Å². The fraction of sp³-hybridized carbons (Fsp3) is 0.385. The summed E-state index contributed by atoms with van der Waals surface area (Å²) in [6.45, 7) is 0.443. The summed E-state index contributed by atoms with van der Waals surface area (Å²) in [7, 11) is 0. The molecule has 1 aromatic rings. The number of aliphatic carboxylic acids is 1. The van der Waals surface area contributed by atoms with Crippen LogP contribution in [0.1, 0.15) is 22.3 Å². The van der Waals surface area contributed by atoms with Crippen LogP contribution < -0.4 is 69.3 Å². The SMILES string of the molecule is O=C([O-])CCSC[Se]COCc1ccc(C(=O)[O-])cc1.[Na+].[Na+]. The van der Waals surface area contributed by atoms with Crippen LogP contribution in [0.25, 0.3) is 0 Å².